The van der Waals surface area contributed by atoms with Crippen LogP contribution < -0.4 is 4.74 Å². The number of aromatic hydroxyl groups is 2. The smallest absolute Gasteiger partial charge is 0.311 e. The van der Waals surface area contributed by atoms with Crippen LogP contribution in [0.3, 0.4) is 0 Å². The summed E-state index contributed by atoms with van der Waals surface area (Å²) < 4.78 is 5.70. The molecule has 2 N–H and O–H groups in total. The number of ether oxygens (including phenoxy) is 1. The van der Waals surface area contributed by atoms with E-state index in [0.29, 0.717) is 22.9 Å². The summed E-state index contributed by atoms with van der Waals surface area (Å²) in [4.78, 5) is 12.4. The molecule has 3 rings (SSSR count). The first-order valence-corrected chi connectivity index (χ1v) is 8.33. The standard InChI is InChI=1S/C21H22O4/c1-21(2,3)11-10-18(23)25-20-14-7-5-4-6-13(14)12-16-15(20)8-9-17(22)19(16)24/h4-9,12,22,24H,10-11H2,1-3H3. The molecule has 4 heteroatoms. The minimum absolute atomic E-state index is 0.0455. The lowest BCUT2D eigenvalue weighted by Gasteiger charge is -2.18. The number of carbonyl (C=O) groups excluding carboxylic acids is 1. The van der Waals surface area contributed by atoms with Crippen molar-refractivity contribution in [3.05, 3.63) is 42.5 Å². The molecule has 3 aromatic carbocycles. The highest BCUT2D eigenvalue weighted by Gasteiger charge is 2.18. The predicted molar refractivity (Wildman–Crippen MR) is 99.1 cm³/mol. The Morgan fingerprint density at radius 1 is 1.00 bits per heavy atom. The van der Waals surface area contributed by atoms with Crippen molar-refractivity contribution in [3.8, 4) is 17.2 Å². The number of hydrogen-bond donors (Lipinski definition) is 2. The van der Waals surface area contributed by atoms with E-state index in [2.05, 4.69) is 20.8 Å². The number of hydrogen-bond acceptors (Lipinski definition) is 4. The molecule has 0 fully saturated rings. The molecule has 0 radical (unpaired) electrons. The first kappa shape index (κ1) is 17.1. The number of phenols is 2. The summed E-state index contributed by atoms with van der Waals surface area (Å²) in [7, 11) is 0. The van der Waals surface area contributed by atoms with Gasteiger partial charge in [0.25, 0.3) is 0 Å². The summed E-state index contributed by atoms with van der Waals surface area (Å²) in [6.07, 6.45) is 1.04. The van der Waals surface area contributed by atoms with Crippen molar-refractivity contribution in [2.45, 2.75) is 33.6 Å². The maximum atomic E-state index is 12.4. The number of phenolic OH excluding ortho intramolecular Hbond substituents is 2. The van der Waals surface area contributed by atoms with Gasteiger partial charge in [-0.1, -0.05) is 45.0 Å². The van der Waals surface area contributed by atoms with Crippen LogP contribution in [-0.4, -0.2) is 16.2 Å². The summed E-state index contributed by atoms with van der Waals surface area (Å²) in [5.41, 5.74) is 0.0455. The van der Waals surface area contributed by atoms with E-state index in [0.717, 1.165) is 17.2 Å². The van der Waals surface area contributed by atoms with Crippen molar-refractivity contribution in [1.82, 2.24) is 0 Å². The highest BCUT2D eigenvalue weighted by Crippen LogP contribution is 2.42. The van der Waals surface area contributed by atoms with Crippen molar-refractivity contribution in [2.24, 2.45) is 5.41 Å². The van der Waals surface area contributed by atoms with Gasteiger partial charge < -0.3 is 14.9 Å². The summed E-state index contributed by atoms with van der Waals surface area (Å²) >= 11 is 0. The molecule has 0 heterocycles. The van der Waals surface area contributed by atoms with Crippen LogP contribution in [0.4, 0.5) is 0 Å². The quantitative estimate of drug-likeness (QED) is 0.300. The molecule has 0 unspecified atom stereocenters. The molecule has 0 atom stereocenters. The van der Waals surface area contributed by atoms with Gasteiger partial charge in [0.15, 0.2) is 11.5 Å². The molecule has 0 aliphatic heterocycles. The lowest BCUT2D eigenvalue weighted by atomic mass is 9.91. The fourth-order valence-electron chi connectivity index (χ4n) is 2.82. The third-order valence-electron chi connectivity index (χ3n) is 4.24. The second kappa shape index (κ2) is 6.28. The molecule has 0 aliphatic carbocycles. The van der Waals surface area contributed by atoms with Gasteiger partial charge in [-0.25, -0.2) is 0 Å². The summed E-state index contributed by atoms with van der Waals surface area (Å²) in [6.45, 7) is 6.23. The number of esters is 1. The van der Waals surface area contributed by atoms with E-state index >= 15 is 0 Å². The van der Waals surface area contributed by atoms with Crippen LogP contribution in [-0.2, 0) is 4.79 Å². The van der Waals surface area contributed by atoms with Gasteiger partial charge in [0.1, 0.15) is 5.75 Å². The first-order chi connectivity index (χ1) is 11.8. The first-order valence-electron chi connectivity index (χ1n) is 8.33. The maximum Gasteiger partial charge on any atom is 0.311 e. The third-order valence-corrected chi connectivity index (χ3v) is 4.24. The largest absolute Gasteiger partial charge is 0.504 e. The van der Waals surface area contributed by atoms with Crippen molar-refractivity contribution >= 4 is 27.5 Å². The topological polar surface area (TPSA) is 66.8 Å². The van der Waals surface area contributed by atoms with Gasteiger partial charge in [-0.2, -0.15) is 0 Å². The number of rotatable bonds is 3. The summed E-state index contributed by atoms with van der Waals surface area (Å²) in [5.74, 6) is -0.300. The van der Waals surface area contributed by atoms with Gasteiger partial charge in [0.2, 0.25) is 0 Å². The minimum atomic E-state index is -0.305. The minimum Gasteiger partial charge on any atom is -0.504 e. The highest BCUT2D eigenvalue weighted by atomic mass is 16.5. The van der Waals surface area contributed by atoms with E-state index in [-0.39, 0.29) is 22.9 Å². The average molecular weight is 338 g/mol. The van der Waals surface area contributed by atoms with E-state index in [1.54, 1.807) is 12.1 Å². The van der Waals surface area contributed by atoms with Crippen molar-refractivity contribution in [1.29, 1.82) is 0 Å². The Morgan fingerprint density at radius 2 is 1.72 bits per heavy atom. The number of fused-ring (bicyclic) bond motifs is 2. The molecule has 0 bridgehead atoms. The molecule has 0 amide bonds. The SMILES string of the molecule is CC(C)(C)CCC(=O)Oc1c2ccccc2cc2c(O)c(O)ccc12. The molecule has 130 valence electrons. The fraction of sp³-hybridized carbons (Fsp3) is 0.286. The summed E-state index contributed by atoms with van der Waals surface area (Å²) in [6, 6.07) is 12.4. The Morgan fingerprint density at radius 3 is 2.44 bits per heavy atom. The Hall–Kier alpha value is -2.75. The monoisotopic (exact) mass is 338 g/mol. The molecule has 4 nitrogen and oxygen atoms in total. The molecule has 0 saturated heterocycles. The molecular formula is C21H22O4. The van der Waals surface area contributed by atoms with Gasteiger partial charge in [-0.15, -0.1) is 0 Å². The Labute approximate surface area is 146 Å². The molecule has 0 saturated carbocycles. The Balaban J connectivity index is 2.10. The van der Waals surface area contributed by atoms with Gasteiger partial charge in [-0.05, 0) is 35.4 Å². The van der Waals surface area contributed by atoms with Gasteiger partial charge in [0, 0.05) is 22.6 Å². The predicted octanol–water partition coefficient (Wildman–Crippen LogP) is 5.14. The summed E-state index contributed by atoms with van der Waals surface area (Å²) in [5, 5.41) is 22.6. The van der Waals surface area contributed by atoms with Crippen molar-refractivity contribution in [2.75, 3.05) is 0 Å². The Kier molecular flexibility index (Phi) is 4.29. The zero-order valence-corrected chi connectivity index (χ0v) is 14.7. The molecule has 0 aromatic heterocycles. The highest BCUT2D eigenvalue weighted by molar-refractivity contribution is 6.09. The van der Waals surface area contributed by atoms with Crippen LogP contribution in [0.15, 0.2) is 42.5 Å². The van der Waals surface area contributed by atoms with Gasteiger partial charge in [0.05, 0.1) is 0 Å². The molecule has 25 heavy (non-hydrogen) atoms. The third kappa shape index (κ3) is 3.53. The average Bonchev–Trinajstić information content (AvgIpc) is 2.56. The van der Waals surface area contributed by atoms with E-state index in [1.165, 1.54) is 6.07 Å². The molecular weight excluding hydrogens is 316 g/mol. The Bertz CT molecular complexity index is 951. The van der Waals surface area contributed by atoms with Crippen LogP contribution in [0.2, 0.25) is 0 Å². The number of benzene rings is 3. The second-order valence-electron chi connectivity index (χ2n) is 7.49. The van der Waals surface area contributed by atoms with Gasteiger partial charge in [-0.3, -0.25) is 4.79 Å². The molecule has 0 spiro atoms. The van der Waals surface area contributed by atoms with Crippen LogP contribution >= 0.6 is 0 Å². The van der Waals surface area contributed by atoms with Gasteiger partial charge >= 0.3 is 5.97 Å². The normalized spacial score (nSPS) is 11.8. The molecule has 0 aliphatic rings. The van der Waals surface area contributed by atoms with Crippen molar-refractivity contribution < 1.29 is 19.7 Å². The van der Waals surface area contributed by atoms with Crippen LogP contribution in [0, 0.1) is 5.41 Å². The zero-order valence-electron chi connectivity index (χ0n) is 14.7. The zero-order chi connectivity index (χ0) is 18.2. The van der Waals surface area contributed by atoms with E-state index in [9.17, 15) is 15.0 Å². The van der Waals surface area contributed by atoms with E-state index < -0.39 is 0 Å². The van der Waals surface area contributed by atoms with Crippen LogP contribution in [0.5, 0.6) is 17.2 Å². The fourth-order valence-corrected chi connectivity index (χ4v) is 2.82. The van der Waals surface area contributed by atoms with Crippen LogP contribution in [0.25, 0.3) is 21.5 Å². The number of carbonyl (C=O) groups is 1. The van der Waals surface area contributed by atoms with Crippen LogP contribution in [0.1, 0.15) is 33.6 Å². The van der Waals surface area contributed by atoms with Crippen molar-refractivity contribution in [3.63, 3.8) is 0 Å². The second-order valence-corrected chi connectivity index (χ2v) is 7.49. The maximum absolute atomic E-state index is 12.4. The van der Waals surface area contributed by atoms with E-state index in [4.69, 9.17) is 4.74 Å². The lowest BCUT2D eigenvalue weighted by Crippen LogP contribution is -2.13. The van der Waals surface area contributed by atoms with E-state index in [1.807, 2.05) is 24.3 Å². The lowest BCUT2D eigenvalue weighted by molar-refractivity contribution is -0.134. The molecule has 3 aromatic rings.